The van der Waals surface area contributed by atoms with Crippen molar-refractivity contribution in [1.29, 1.82) is 0 Å². The van der Waals surface area contributed by atoms with Gasteiger partial charge in [-0.2, -0.15) is 0 Å². The molecule has 0 amide bonds. The number of anilines is 1. The third kappa shape index (κ3) is 7.59. The standard InChI is InChI=1S/C26H30N2O8S/c1-16(25(30)18-7-11-23(29)22(14-18)28-37(3,33)34)27-12-13-36-20-8-4-17(5-9-20)21-10-6-19(26(31)32)15-24(21)35-2/h4-11,14-16,25,27-30H,12-13H2,1-3H3,(H,31,32)/t16-,25-/m0/s1. The molecule has 0 aliphatic heterocycles. The summed E-state index contributed by atoms with van der Waals surface area (Å²) in [5, 5.41) is 32.8. The van der Waals surface area contributed by atoms with E-state index in [0.29, 0.717) is 30.2 Å². The number of nitrogens with one attached hydrogen (secondary N) is 2. The molecule has 3 aromatic carbocycles. The Balaban J connectivity index is 1.54. The number of rotatable bonds is 12. The maximum Gasteiger partial charge on any atom is 0.335 e. The highest BCUT2D eigenvalue weighted by Crippen LogP contribution is 2.32. The lowest BCUT2D eigenvalue weighted by molar-refractivity contribution is 0.0696. The number of ether oxygens (including phenoxy) is 2. The molecule has 2 atom stereocenters. The van der Waals surface area contributed by atoms with Crippen molar-refractivity contribution in [2.24, 2.45) is 0 Å². The largest absolute Gasteiger partial charge is 0.506 e. The molecule has 37 heavy (non-hydrogen) atoms. The Kier molecular flexibility index (Phi) is 8.98. The van der Waals surface area contributed by atoms with Crippen molar-refractivity contribution in [2.75, 3.05) is 31.2 Å². The first-order valence-electron chi connectivity index (χ1n) is 11.3. The summed E-state index contributed by atoms with van der Waals surface area (Å²) in [5.74, 6) is -0.175. The lowest BCUT2D eigenvalue weighted by Crippen LogP contribution is -2.35. The topological polar surface area (TPSA) is 154 Å². The van der Waals surface area contributed by atoms with Gasteiger partial charge in [0.2, 0.25) is 10.0 Å². The van der Waals surface area contributed by atoms with Crippen LogP contribution in [0.15, 0.2) is 60.7 Å². The van der Waals surface area contributed by atoms with E-state index >= 15 is 0 Å². The summed E-state index contributed by atoms with van der Waals surface area (Å²) in [6.07, 6.45) is 0.0188. The second kappa shape index (κ2) is 12.0. The van der Waals surface area contributed by atoms with Crippen LogP contribution >= 0.6 is 0 Å². The molecule has 198 valence electrons. The van der Waals surface area contributed by atoms with Gasteiger partial charge in [0.05, 0.1) is 30.7 Å². The number of aromatic hydroxyl groups is 1. The van der Waals surface area contributed by atoms with Gasteiger partial charge < -0.3 is 30.1 Å². The number of carbonyl (C=O) groups is 1. The molecule has 0 fully saturated rings. The molecule has 0 saturated heterocycles. The van der Waals surface area contributed by atoms with Crippen molar-refractivity contribution in [2.45, 2.75) is 19.1 Å². The first kappa shape index (κ1) is 27.8. The summed E-state index contributed by atoms with van der Waals surface area (Å²) in [5.41, 5.74) is 2.17. The van der Waals surface area contributed by atoms with Crippen LogP contribution in [0.5, 0.6) is 17.2 Å². The Labute approximate surface area is 215 Å². The predicted octanol–water partition coefficient (Wildman–Crippen LogP) is 3.23. The molecular weight excluding hydrogens is 500 g/mol. The summed E-state index contributed by atoms with van der Waals surface area (Å²) in [6.45, 7) is 2.53. The zero-order chi connectivity index (χ0) is 27.2. The number of phenolic OH excluding ortho intramolecular Hbond substituents is 1. The highest BCUT2D eigenvalue weighted by Gasteiger charge is 2.18. The molecule has 0 unspecified atom stereocenters. The number of phenols is 1. The van der Waals surface area contributed by atoms with Gasteiger partial charge in [0.15, 0.2) is 0 Å². The van der Waals surface area contributed by atoms with E-state index in [0.717, 1.165) is 17.4 Å². The summed E-state index contributed by atoms with van der Waals surface area (Å²) in [7, 11) is -2.10. The molecule has 0 bridgehead atoms. The average molecular weight is 531 g/mol. The molecule has 10 nitrogen and oxygen atoms in total. The van der Waals surface area contributed by atoms with E-state index in [-0.39, 0.29) is 23.0 Å². The van der Waals surface area contributed by atoms with Gasteiger partial charge in [-0.25, -0.2) is 13.2 Å². The van der Waals surface area contributed by atoms with Crippen LogP contribution in [0.4, 0.5) is 5.69 Å². The molecule has 5 N–H and O–H groups in total. The molecule has 0 heterocycles. The van der Waals surface area contributed by atoms with Crippen LogP contribution in [0.25, 0.3) is 11.1 Å². The SMILES string of the molecule is COc1cc(C(=O)O)ccc1-c1ccc(OCCN[C@@H](C)[C@H](O)c2ccc(O)c(NS(C)(=O)=O)c2)cc1. The fraction of sp³-hybridized carbons (Fsp3) is 0.269. The van der Waals surface area contributed by atoms with Gasteiger partial charge in [0.1, 0.15) is 23.9 Å². The number of sulfonamides is 1. The Morgan fingerprint density at radius 1 is 1.05 bits per heavy atom. The first-order valence-corrected chi connectivity index (χ1v) is 13.2. The second-order valence-electron chi connectivity index (χ2n) is 8.43. The lowest BCUT2D eigenvalue weighted by atomic mass is 10.0. The first-order chi connectivity index (χ1) is 17.5. The lowest BCUT2D eigenvalue weighted by Gasteiger charge is -2.21. The molecular formula is C26H30N2O8S. The number of aliphatic hydroxyl groups excluding tert-OH is 1. The fourth-order valence-electron chi connectivity index (χ4n) is 3.67. The van der Waals surface area contributed by atoms with Crippen molar-refractivity contribution in [1.82, 2.24) is 5.32 Å². The molecule has 0 radical (unpaired) electrons. The van der Waals surface area contributed by atoms with E-state index in [9.17, 15) is 23.4 Å². The second-order valence-corrected chi connectivity index (χ2v) is 10.2. The number of carboxylic acid groups (broad SMARTS) is 1. The Morgan fingerprint density at radius 2 is 1.76 bits per heavy atom. The third-order valence-electron chi connectivity index (χ3n) is 5.58. The smallest absolute Gasteiger partial charge is 0.335 e. The number of benzene rings is 3. The number of carboxylic acids is 1. The van der Waals surface area contributed by atoms with Crippen LogP contribution in [0.3, 0.4) is 0 Å². The van der Waals surface area contributed by atoms with Gasteiger partial charge in [0, 0.05) is 18.2 Å². The molecule has 11 heteroatoms. The predicted molar refractivity (Wildman–Crippen MR) is 140 cm³/mol. The number of aliphatic hydroxyl groups is 1. The summed E-state index contributed by atoms with van der Waals surface area (Å²) >= 11 is 0. The fourth-order valence-corrected chi connectivity index (χ4v) is 4.23. The van der Waals surface area contributed by atoms with Crippen molar-refractivity contribution < 1.29 is 38.0 Å². The maximum atomic E-state index is 11.5. The van der Waals surface area contributed by atoms with E-state index in [1.165, 1.54) is 37.4 Å². The highest BCUT2D eigenvalue weighted by atomic mass is 32.2. The molecule has 0 aromatic heterocycles. The van der Waals surface area contributed by atoms with Crippen LogP contribution in [-0.2, 0) is 10.0 Å². The Bertz CT molecular complexity index is 1340. The van der Waals surface area contributed by atoms with Crippen LogP contribution < -0.4 is 19.5 Å². The zero-order valence-corrected chi connectivity index (χ0v) is 21.5. The molecule has 3 aromatic rings. The third-order valence-corrected chi connectivity index (χ3v) is 6.17. The Hall–Kier alpha value is -3.80. The quantitative estimate of drug-likeness (QED) is 0.175. The van der Waals surface area contributed by atoms with Crippen molar-refractivity contribution in [3.05, 3.63) is 71.8 Å². The van der Waals surface area contributed by atoms with Gasteiger partial charge in [0.25, 0.3) is 0 Å². The summed E-state index contributed by atoms with van der Waals surface area (Å²) in [4.78, 5) is 11.2. The Morgan fingerprint density at radius 3 is 2.38 bits per heavy atom. The monoisotopic (exact) mass is 530 g/mol. The summed E-state index contributed by atoms with van der Waals surface area (Å²) < 4.78 is 36.3. The number of aromatic carboxylic acids is 1. The van der Waals surface area contributed by atoms with Crippen LogP contribution in [0.1, 0.15) is 28.9 Å². The van der Waals surface area contributed by atoms with Crippen LogP contribution in [0.2, 0.25) is 0 Å². The minimum atomic E-state index is -3.58. The summed E-state index contributed by atoms with van der Waals surface area (Å²) in [6, 6.07) is 15.8. The van der Waals surface area contributed by atoms with Gasteiger partial charge >= 0.3 is 5.97 Å². The van der Waals surface area contributed by atoms with E-state index in [2.05, 4.69) is 10.0 Å². The minimum absolute atomic E-state index is 0.00604. The van der Waals surface area contributed by atoms with E-state index in [4.69, 9.17) is 14.6 Å². The molecule has 0 spiro atoms. The van der Waals surface area contributed by atoms with E-state index in [1.54, 1.807) is 25.1 Å². The van der Waals surface area contributed by atoms with E-state index < -0.39 is 22.1 Å². The number of hydrogen-bond donors (Lipinski definition) is 5. The van der Waals surface area contributed by atoms with Gasteiger partial charge in [-0.05, 0) is 60.5 Å². The number of hydrogen-bond acceptors (Lipinski definition) is 8. The normalized spacial score (nSPS) is 13.0. The maximum absolute atomic E-state index is 11.5. The molecule has 0 saturated carbocycles. The molecule has 0 aliphatic carbocycles. The van der Waals surface area contributed by atoms with Gasteiger partial charge in [-0.3, -0.25) is 4.72 Å². The van der Waals surface area contributed by atoms with Crippen molar-refractivity contribution in [3.63, 3.8) is 0 Å². The van der Waals surface area contributed by atoms with E-state index in [1.807, 2.05) is 12.1 Å². The molecule has 3 rings (SSSR count). The minimum Gasteiger partial charge on any atom is -0.506 e. The van der Waals surface area contributed by atoms with Crippen LogP contribution in [-0.4, -0.2) is 62.3 Å². The van der Waals surface area contributed by atoms with Gasteiger partial charge in [-0.1, -0.05) is 18.2 Å². The van der Waals surface area contributed by atoms with Crippen molar-refractivity contribution in [3.8, 4) is 28.4 Å². The number of methoxy groups -OCH3 is 1. The van der Waals surface area contributed by atoms with Crippen molar-refractivity contribution >= 4 is 21.7 Å². The average Bonchev–Trinajstić information content (AvgIpc) is 2.86. The van der Waals surface area contributed by atoms with Crippen LogP contribution in [0, 0.1) is 0 Å². The zero-order valence-electron chi connectivity index (χ0n) is 20.6. The van der Waals surface area contributed by atoms with Gasteiger partial charge in [-0.15, -0.1) is 0 Å². The highest BCUT2D eigenvalue weighted by molar-refractivity contribution is 7.92. The molecule has 0 aliphatic rings.